The van der Waals surface area contributed by atoms with Crippen LogP contribution in [0.25, 0.3) is 0 Å². The lowest BCUT2D eigenvalue weighted by Gasteiger charge is -2.13. The Balaban J connectivity index is 2.20. The van der Waals surface area contributed by atoms with E-state index < -0.39 is 0 Å². The fourth-order valence-corrected chi connectivity index (χ4v) is 2.38. The van der Waals surface area contributed by atoms with Gasteiger partial charge in [-0.1, -0.05) is 32.9 Å². The minimum Gasteiger partial charge on any atom is -0.439 e. The van der Waals surface area contributed by atoms with Crippen molar-refractivity contribution in [3.63, 3.8) is 0 Å². The minimum absolute atomic E-state index is 0.526. The van der Waals surface area contributed by atoms with Crippen LogP contribution in [0.1, 0.15) is 43.4 Å². The summed E-state index contributed by atoms with van der Waals surface area (Å²) >= 11 is 0. The summed E-state index contributed by atoms with van der Waals surface area (Å²) in [6, 6.07) is 10.2. The summed E-state index contributed by atoms with van der Waals surface area (Å²) in [5, 5.41) is 3.31. The van der Waals surface area contributed by atoms with Gasteiger partial charge in [0, 0.05) is 18.3 Å². The van der Waals surface area contributed by atoms with E-state index in [4.69, 9.17) is 4.74 Å². The summed E-state index contributed by atoms with van der Waals surface area (Å²) in [5.41, 5.74) is 3.69. The summed E-state index contributed by atoms with van der Waals surface area (Å²) in [7, 11) is 0. The molecule has 0 bridgehead atoms. The van der Waals surface area contributed by atoms with Crippen molar-refractivity contribution in [2.75, 3.05) is 6.54 Å². The first-order chi connectivity index (χ1) is 10.1. The fourth-order valence-electron chi connectivity index (χ4n) is 2.38. The molecule has 0 saturated heterocycles. The van der Waals surface area contributed by atoms with Crippen molar-refractivity contribution in [1.29, 1.82) is 0 Å². The van der Waals surface area contributed by atoms with Crippen LogP contribution in [-0.2, 0) is 6.54 Å². The Labute approximate surface area is 127 Å². The standard InChI is InChI=1S/C18H24N2O/c1-5-19-12-15-7-6-10-20-18(15)21-16-8-9-17(13(2)3)14(4)11-16/h6-11,13,19H,5,12H2,1-4H3. The van der Waals surface area contributed by atoms with E-state index in [1.165, 1.54) is 11.1 Å². The molecule has 0 unspecified atom stereocenters. The van der Waals surface area contributed by atoms with Crippen LogP contribution in [0.2, 0.25) is 0 Å². The van der Waals surface area contributed by atoms with Gasteiger partial charge in [-0.25, -0.2) is 4.98 Å². The maximum absolute atomic E-state index is 5.97. The molecule has 1 aromatic heterocycles. The third-order valence-corrected chi connectivity index (χ3v) is 3.49. The molecule has 0 saturated carbocycles. The second-order valence-electron chi connectivity index (χ2n) is 5.52. The topological polar surface area (TPSA) is 34.2 Å². The van der Waals surface area contributed by atoms with Crippen LogP contribution >= 0.6 is 0 Å². The lowest BCUT2D eigenvalue weighted by atomic mass is 9.98. The number of nitrogens with one attached hydrogen (secondary N) is 1. The molecular formula is C18H24N2O. The summed E-state index contributed by atoms with van der Waals surface area (Å²) in [5.74, 6) is 2.04. The van der Waals surface area contributed by atoms with E-state index in [2.05, 4.69) is 50.1 Å². The van der Waals surface area contributed by atoms with Crippen LogP contribution in [0.5, 0.6) is 11.6 Å². The molecule has 0 aliphatic heterocycles. The van der Waals surface area contributed by atoms with Crippen LogP contribution in [-0.4, -0.2) is 11.5 Å². The van der Waals surface area contributed by atoms with E-state index in [0.717, 1.165) is 24.4 Å². The van der Waals surface area contributed by atoms with Gasteiger partial charge in [0.15, 0.2) is 0 Å². The third kappa shape index (κ3) is 4.05. The Morgan fingerprint density at radius 1 is 1.24 bits per heavy atom. The number of nitrogens with zero attached hydrogens (tertiary/aromatic N) is 1. The van der Waals surface area contributed by atoms with Crippen molar-refractivity contribution in [2.24, 2.45) is 0 Å². The Morgan fingerprint density at radius 2 is 2.05 bits per heavy atom. The van der Waals surface area contributed by atoms with Crippen molar-refractivity contribution in [2.45, 2.75) is 40.2 Å². The molecule has 21 heavy (non-hydrogen) atoms. The predicted octanol–water partition coefficient (Wildman–Crippen LogP) is 4.42. The first kappa shape index (κ1) is 15.5. The van der Waals surface area contributed by atoms with Crippen molar-refractivity contribution in [3.05, 3.63) is 53.2 Å². The number of pyridine rings is 1. The summed E-state index contributed by atoms with van der Waals surface area (Å²) < 4.78 is 5.97. The molecule has 0 aliphatic rings. The summed E-state index contributed by atoms with van der Waals surface area (Å²) in [6.45, 7) is 10.3. The number of benzene rings is 1. The zero-order valence-corrected chi connectivity index (χ0v) is 13.3. The molecular weight excluding hydrogens is 260 g/mol. The van der Waals surface area contributed by atoms with Crippen LogP contribution in [0.3, 0.4) is 0 Å². The highest BCUT2D eigenvalue weighted by Gasteiger charge is 2.08. The monoisotopic (exact) mass is 284 g/mol. The lowest BCUT2D eigenvalue weighted by molar-refractivity contribution is 0.452. The molecule has 0 amide bonds. The Hall–Kier alpha value is -1.87. The second kappa shape index (κ2) is 7.23. The average Bonchev–Trinajstić information content (AvgIpc) is 2.46. The van der Waals surface area contributed by atoms with Gasteiger partial charge in [-0.05, 0) is 48.7 Å². The molecule has 3 heteroatoms. The van der Waals surface area contributed by atoms with Gasteiger partial charge in [-0.2, -0.15) is 0 Å². The first-order valence-corrected chi connectivity index (χ1v) is 7.54. The molecule has 1 aromatic carbocycles. The highest BCUT2D eigenvalue weighted by atomic mass is 16.5. The van der Waals surface area contributed by atoms with Gasteiger partial charge >= 0.3 is 0 Å². The zero-order chi connectivity index (χ0) is 15.2. The van der Waals surface area contributed by atoms with E-state index in [9.17, 15) is 0 Å². The van der Waals surface area contributed by atoms with Gasteiger partial charge in [0.05, 0.1) is 0 Å². The predicted molar refractivity (Wildman–Crippen MR) is 87.0 cm³/mol. The molecule has 112 valence electrons. The van der Waals surface area contributed by atoms with Gasteiger partial charge < -0.3 is 10.1 Å². The van der Waals surface area contributed by atoms with Crippen LogP contribution in [0.15, 0.2) is 36.5 Å². The SMILES string of the molecule is CCNCc1cccnc1Oc1ccc(C(C)C)c(C)c1. The Kier molecular flexibility index (Phi) is 5.34. The van der Waals surface area contributed by atoms with Crippen molar-refractivity contribution < 1.29 is 4.74 Å². The van der Waals surface area contributed by atoms with Gasteiger partial charge in [-0.3, -0.25) is 0 Å². The molecule has 3 nitrogen and oxygen atoms in total. The molecule has 1 heterocycles. The molecule has 0 atom stereocenters. The van der Waals surface area contributed by atoms with Crippen molar-refractivity contribution in [1.82, 2.24) is 10.3 Å². The smallest absolute Gasteiger partial charge is 0.223 e. The average molecular weight is 284 g/mol. The van der Waals surface area contributed by atoms with E-state index >= 15 is 0 Å². The Bertz CT molecular complexity index is 594. The van der Waals surface area contributed by atoms with Crippen molar-refractivity contribution in [3.8, 4) is 11.6 Å². The molecule has 0 spiro atoms. The first-order valence-electron chi connectivity index (χ1n) is 7.54. The van der Waals surface area contributed by atoms with Crippen molar-refractivity contribution >= 4 is 0 Å². The molecule has 0 fully saturated rings. The fraction of sp³-hybridized carbons (Fsp3) is 0.389. The maximum atomic E-state index is 5.97. The quantitative estimate of drug-likeness (QED) is 0.853. The van der Waals surface area contributed by atoms with Crippen LogP contribution in [0, 0.1) is 6.92 Å². The molecule has 0 aliphatic carbocycles. The van der Waals surface area contributed by atoms with Gasteiger partial charge in [0.25, 0.3) is 0 Å². The van der Waals surface area contributed by atoms with Gasteiger partial charge in [-0.15, -0.1) is 0 Å². The number of rotatable bonds is 6. The van der Waals surface area contributed by atoms with E-state index in [0.29, 0.717) is 11.8 Å². The summed E-state index contributed by atoms with van der Waals surface area (Å²) in [6.07, 6.45) is 1.76. The molecule has 1 N–H and O–H groups in total. The summed E-state index contributed by atoms with van der Waals surface area (Å²) in [4.78, 5) is 4.35. The van der Waals surface area contributed by atoms with Gasteiger partial charge in [0.2, 0.25) is 5.88 Å². The minimum atomic E-state index is 0.526. The second-order valence-corrected chi connectivity index (χ2v) is 5.52. The molecule has 2 aromatic rings. The van der Waals surface area contributed by atoms with E-state index in [1.54, 1.807) is 6.20 Å². The molecule has 2 rings (SSSR count). The number of aromatic nitrogens is 1. The van der Waals surface area contributed by atoms with E-state index in [1.807, 2.05) is 18.2 Å². The number of hydrogen-bond donors (Lipinski definition) is 1. The molecule has 0 radical (unpaired) electrons. The normalized spacial score (nSPS) is 10.9. The number of aryl methyl sites for hydroxylation is 1. The number of ether oxygens (including phenoxy) is 1. The van der Waals surface area contributed by atoms with E-state index in [-0.39, 0.29) is 0 Å². The number of hydrogen-bond acceptors (Lipinski definition) is 3. The van der Waals surface area contributed by atoms with Crippen LogP contribution in [0.4, 0.5) is 0 Å². The highest BCUT2D eigenvalue weighted by molar-refractivity contribution is 5.39. The largest absolute Gasteiger partial charge is 0.439 e. The zero-order valence-electron chi connectivity index (χ0n) is 13.3. The Morgan fingerprint density at radius 3 is 2.71 bits per heavy atom. The maximum Gasteiger partial charge on any atom is 0.223 e. The third-order valence-electron chi connectivity index (χ3n) is 3.49. The van der Waals surface area contributed by atoms with Gasteiger partial charge in [0.1, 0.15) is 5.75 Å². The van der Waals surface area contributed by atoms with Crippen LogP contribution < -0.4 is 10.1 Å². The highest BCUT2D eigenvalue weighted by Crippen LogP contribution is 2.27. The lowest BCUT2D eigenvalue weighted by Crippen LogP contribution is -2.12.